The van der Waals surface area contributed by atoms with E-state index in [0.29, 0.717) is 28.3 Å². The molecule has 0 aliphatic carbocycles. The Morgan fingerprint density at radius 3 is 2.43 bits per heavy atom. The second kappa shape index (κ2) is 8.79. The highest BCUT2D eigenvalue weighted by Gasteiger charge is 2.16. The molecule has 2 aromatic carbocycles. The summed E-state index contributed by atoms with van der Waals surface area (Å²) >= 11 is 0. The maximum Gasteiger partial charge on any atom is 0.261 e. The molecule has 2 N–H and O–H groups in total. The highest BCUT2D eigenvalue weighted by molar-refractivity contribution is 7.89. The summed E-state index contributed by atoms with van der Waals surface area (Å²) in [5.74, 6) is 0.135. The highest BCUT2D eigenvalue weighted by Crippen LogP contribution is 2.23. The Morgan fingerprint density at radius 2 is 1.83 bits per heavy atom. The second-order valence-electron chi connectivity index (χ2n) is 6.35. The van der Waals surface area contributed by atoms with Crippen LogP contribution in [0.2, 0.25) is 0 Å². The fraction of sp³-hybridized carbons (Fsp3) is 0.0909. The molecule has 0 bridgehead atoms. The first kappa shape index (κ1) is 21.1. The number of allylic oxidation sites excluding steroid dienone is 4. The molecule has 3 aromatic rings. The van der Waals surface area contributed by atoms with Crippen LogP contribution in [0.5, 0.6) is 0 Å². The number of carbonyl (C=O) groups is 1. The third-order valence-electron chi connectivity index (χ3n) is 4.12. The molecule has 1 aromatic heterocycles. The lowest BCUT2D eigenvalue weighted by Gasteiger charge is -2.10. The Balaban J connectivity index is 1.85. The molecule has 8 heteroatoms. The van der Waals surface area contributed by atoms with Gasteiger partial charge in [-0.1, -0.05) is 24.8 Å². The van der Waals surface area contributed by atoms with Gasteiger partial charge >= 0.3 is 0 Å². The maximum atomic E-state index is 12.7. The van der Waals surface area contributed by atoms with E-state index in [-0.39, 0.29) is 16.5 Å². The molecule has 7 nitrogen and oxygen atoms in total. The lowest BCUT2D eigenvalue weighted by molar-refractivity contribution is -0.114. The quantitative estimate of drug-likeness (QED) is 0.554. The number of hydrogen-bond acceptors (Lipinski definition) is 5. The Morgan fingerprint density at radius 1 is 1.13 bits per heavy atom. The number of nitrogens with zero attached hydrogens (tertiary/aromatic N) is 1. The molecule has 0 atom stereocenters. The number of hydrogen-bond donors (Lipinski definition) is 2. The van der Waals surface area contributed by atoms with Gasteiger partial charge in [-0.2, -0.15) is 0 Å². The van der Waals surface area contributed by atoms with Crippen molar-refractivity contribution in [3.63, 3.8) is 0 Å². The zero-order chi connectivity index (χ0) is 21.7. The van der Waals surface area contributed by atoms with Gasteiger partial charge < -0.3 is 9.73 Å². The molecule has 1 heterocycles. The van der Waals surface area contributed by atoms with Crippen molar-refractivity contribution in [2.24, 2.45) is 0 Å². The number of sulfonamides is 1. The van der Waals surface area contributed by atoms with Crippen molar-refractivity contribution in [2.75, 3.05) is 5.32 Å². The maximum absolute atomic E-state index is 12.7. The summed E-state index contributed by atoms with van der Waals surface area (Å²) in [5.41, 5.74) is 2.72. The lowest BCUT2D eigenvalue weighted by atomic mass is 10.2. The van der Waals surface area contributed by atoms with E-state index in [1.807, 2.05) is 24.3 Å². The first-order valence-corrected chi connectivity index (χ1v) is 10.6. The Kier molecular flexibility index (Phi) is 6.17. The van der Waals surface area contributed by atoms with Crippen molar-refractivity contribution < 1.29 is 17.6 Å². The van der Waals surface area contributed by atoms with Gasteiger partial charge in [0.2, 0.25) is 11.8 Å². The Hall–Kier alpha value is -3.65. The summed E-state index contributed by atoms with van der Waals surface area (Å²) in [7, 11) is -3.86. The van der Waals surface area contributed by atoms with E-state index in [0.717, 1.165) is 0 Å². The molecule has 30 heavy (non-hydrogen) atoms. The van der Waals surface area contributed by atoms with Gasteiger partial charge in [0.25, 0.3) is 10.0 Å². The minimum absolute atomic E-state index is 0.0493. The fourth-order valence-electron chi connectivity index (χ4n) is 2.70. The minimum Gasteiger partial charge on any atom is -0.436 e. The molecular formula is C22H21N3O4S. The van der Waals surface area contributed by atoms with Crippen LogP contribution < -0.4 is 10.0 Å². The first-order valence-electron chi connectivity index (χ1n) is 9.09. The van der Waals surface area contributed by atoms with Crippen molar-refractivity contribution in [1.82, 2.24) is 9.71 Å². The van der Waals surface area contributed by atoms with Crippen LogP contribution in [-0.4, -0.2) is 19.3 Å². The average Bonchev–Trinajstić information content (AvgIpc) is 3.15. The van der Waals surface area contributed by atoms with Crippen molar-refractivity contribution in [3.05, 3.63) is 84.9 Å². The van der Waals surface area contributed by atoms with Crippen LogP contribution >= 0.6 is 0 Å². The summed E-state index contributed by atoms with van der Waals surface area (Å²) in [6.45, 7) is 6.87. The van der Waals surface area contributed by atoms with E-state index in [1.54, 1.807) is 19.1 Å². The first-order chi connectivity index (χ1) is 14.3. The average molecular weight is 423 g/mol. The normalized spacial score (nSPS) is 12.6. The molecule has 0 saturated carbocycles. The number of rotatable bonds is 7. The van der Waals surface area contributed by atoms with Crippen LogP contribution in [0.1, 0.15) is 19.7 Å². The fourth-order valence-corrected chi connectivity index (χ4v) is 3.76. The number of nitrogens with one attached hydrogen (secondary N) is 2. The molecule has 0 fully saturated rings. The van der Waals surface area contributed by atoms with Crippen molar-refractivity contribution >= 4 is 38.3 Å². The van der Waals surface area contributed by atoms with Crippen molar-refractivity contribution in [1.29, 1.82) is 0 Å². The minimum atomic E-state index is -3.86. The van der Waals surface area contributed by atoms with Gasteiger partial charge in [-0.25, -0.2) is 13.4 Å². The summed E-state index contributed by atoms with van der Waals surface area (Å²) in [6.07, 6.45) is 4.76. The van der Waals surface area contributed by atoms with Gasteiger partial charge in [-0.3, -0.25) is 9.52 Å². The van der Waals surface area contributed by atoms with Gasteiger partial charge in [0.1, 0.15) is 5.52 Å². The van der Waals surface area contributed by atoms with Gasteiger partial charge in [-0.15, -0.1) is 0 Å². The van der Waals surface area contributed by atoms with Gasteiger partial charge in [0.15, 0.2) is 5.58 Å². The van der Waals surface area contributed by atoms with E-state index in [9.17, 15) is 13.2 Å². The molecule has 0 radical (unpaired) electrons. The van der Waals surface area contributed by atoms with Crippen LogP contribution in [0.15, 0.2) is 88.3 Å². The van der Waals surface area contributed by atoms with E-state index >= 15 is 0 Å². The predicted molar refractivity (Wildman–Crippen MR) is 117 cm³/mol. The molecule has 0 spiro atoms. The van der Waals surface area contributed by atoms with Crippen LogP contribution in [0.25, 0.3) is 16.7 Å². The second-order valence-corrected chi connectivity index (χ2v) is 8.03. The molecule has 0 unspecified atom stereocenters. The molecule has 0 saturated heterocycles. The Bertz CT molecular complexity index is 1220. The molecule has 3 rings (SSSR count). The smallest absolute Gasteiger partial charge is 0.261 e. The number of para-hydroxylation sites is 2. The summed E-state index contributed by atoms with van der Waals surface area (Å²) in [6, 6.07) is 13.2. The summed E-state index contributed by atoms with van der Waals surface area (Å²) in [4.78, 5) is 15.6. The molecule has 1 amide bonds. The highest BCUT2D eigenvalue weighted by atomic mass is 32.2. The SMILES string of the molecule is C=C/C(=C/C(=C\C)c1nc2ccccc2o1)NS(=O)(=O)c1ccc(NC(C)=O)cc1. The van der Waals surface area contributed by atoms with Crippen LogP contribution in [-0.2, 0) is 14.8 Å². The van der Waals surface area contributed by atoms with Gasteiger partial charge in [0, 0.05) is 23.9 Å². The van der Waals surface area contributed by atoms with Crippen LogP contribution in [0, 0.1) is 0 Å². The number of benzene rings is 2. The number of fused-ring (bicyclic) bond motifs is 1. The van der Waals surface area contributed by atoms with Crippen molar-refractivity contribution in [2.45, 2.75) is 18.7 Å². The molecule has 0 aliphatic rings. The zero-order valence-electron chi connectivity index (χ0n) is 16.5. The van der Waals surface area contributed by atoms with Crippen molar-refractivity contribution in [3.8, 4) is 0 Å². The predicted octanol–water partition coefficient (Wildman–Crippen LogP) is 4.24. The zero-order valence-corrected chi connectivity index (χ0v) is 17.4. The monoisotopic (exact) mass is 423 g/mol. The van der Waals surface area contributed by atoms with E-state index in [1.165, 1.54) is 37.3 Å². The number of carbonyl (C=O) groups excluding carboxylic acids is 1. The van der Waals surface area contributed by atoms with Gasteiger partial charge in [0.05, 0.1) is 4.90 Å². The summed E-state index contributed by atoms with van der Waals surface area (Å²) < 4.78 is 33.7. The van der Waals surface area contributed by atoms with E-state index < -0.39 is 10.0 Å². The third kappa shape index (κ3) is 4.84. The molecule has 0 aliphatic heterocycles. The summed E-state index contributed by atoms with van der Waals surface area (Å²) in [5, 5.41) is 2.59. The number of oxazole rings is 1. The lowest BCUT2D eigenvalue weighted by Crippen LogP contribution is -2.22. The molecular weight excluding hydrogens is 402 g/mol. The molecule has 154 valence electrons. The van der Waals surface area contributed by atoms with E-state index in [2.05, 4.69) is 21.6 Å². The third-order valence-corrected chi connectivity index (χ3v) is 5.52. The van der Waals surface area contributed by atoms with Crippen LogP contribution in [0.4, 0.5) is 5.69 Å². The number of amides is 1. The van der Waals surface area contributed by atoms with Crippen LogP contribution in [0.3, 0.4) is 0 Å². The number of anilines is 1. The number of aromatic nitrogens is 1. The largest absolute Gasteiger partial charge is 0.436 e. The topological polar surface area (TPSA) is 101 Å². The van der Waals surface area contributed by atoms with E-state index in [4.69, 9.17) is 4.42 Å². The van der Waals surface area contributed by atoms with Gasteiger partial charge in [-0.05, 0) is 55.5 Å². The Labute approximate surface area is 174 Å². The standard InChI is InChI=1S/C22H21N3O4S/c1-4-16(22-24-20-8-6-7-9-21(20)29-22)14-17(5-2)25-30(27,28)19-12-10-18(11-13-19)23-15(3)26/h4-14,25H,2H2,1,3H3,(H,23,26)/b16-4+,17-14-.